The average molecular weight is 375 g/mol. The van der Waals surface area contributed by atoms with Crippen LogP contribution in [0.3, 0.4) is 0 Å². The highest BCUT2D eigenvalue weighted by atomic mass is 19.2. The summed E-state index contributed by atoms with van der Waals surface area (Å²) in [4.78, 5) is 7.35. The number of imidazole rings is 1. The predicted molar refractivity (Wildman–Crippen MR) is 91.0 cm³/mol. The maximum atomic E-state index is 14.4. The summed E-state index contributed by atoms with van der Waals surface area (Å²) in [6, 6.07) is 5.48. The van der Waals surface area contributed by atoms with E-state index >= 15 is 0 Å². The van der Waals surface area contributed by atoms with E-state index in [0.29, 0.717) is 22.5 Å². The molecule has 0 spiro atoms. The number of allylic oxidation sites excluding steroid dienone is 3. The number of hydrogen-bond donors (Lipinski definition) is 1. The Bertz CT molecular complexity index is 1090. The number of pyridine rings is 2. The lowest BCUT2D eigenvalue weighted by atomic mass is 9.88. The smallest absolute Gasteiger partial charge is 0.216 e. The maximum Gasteiger partial charge on any atom is 0.216 e. The summed E-state index contributed by atoms with van der Waals surface area (Å²) in [6.45, 7) is -0.955. The molecule has 1 aliphatic carbocycles. The molecule has 4 rings (SSSR count). The standard InChI is InChI=1S/C19H13F4N3O/c20-15-3-1-11(7-19(15,23)10-27)12-2-4-18-24-14(9-26(18)8-12)13-5-16(21)25-17(22)6-13/h1-6,8-9,27H,7,10H2. The molecule has 0 bridgehead atoms. The van der Waals surface area contributed by atoms with Crippen molar-refractivity contribution < 1.29 is 22.7 Å². The van der Waals surface area contributed by atoms with E-state index in [-0.39, 0.29) is 12.0 Å². The number of nitrogens with zero attached hydrogens (tertiary/aromatic N) is 3. The predicted octanol–water partition coefficient (Wildman–Crippen LogP) is 4.02. The van der Waals surface area contributed by atoms with Gasteiger partial charge in [0.15, 0.2) is 5.67 Å². The molecule has 27 heavy (non-hydrogen) atoms. The number of aliphatic hydroxyl groups excluding tert-OH is 1. The highest BCUT2D eigenvalue weighted by Crippen LogP contribution is 2.38. The Labute approximate surface area is 151 Å². The molecule has 4 nitrogen and oxygen atoms in total. The molecule has 1 atom stereocenters. The molecule has 1 aliphatic rings. The molecule has 0 fully saturated rings. The van der Waals surface area contributed by atoms with Crippen molar-refractivity contribution in [2.75, 3.05) is 6.61 Å². The Morgan fingerprint density at radius 1 is 1.00 bits per heavy atom. The van der Waals surface area contributed by atoms with Crippen LogP contribution in [0, 0.1) is 11.9 Å². The fraction of sp³-hybridized carbons (Fsp3) is 0.158. The van der Waals surface area contributed by atoms with E-state index in [1.807, 2.05) is 0 Å². The van der Waals surface area contributed by atoms with Gasteiger partial charge in [0, 0.05) is 36.5 Å². The third kappa shape index (κ3) is 3.12. The van der Waals surface area contributed by atoms with Crippen LogP contribution >= 0.6 is 0 Å². The van der Waals surface area contributed by atoms with Gasteiger partial charge in [-0.15, -0.1) is 0 Å². The normalized spacial score (nSPS) is 19.9. The Hall–Kier alpha value is -3.00. The fourth-order valence-corrected chi connectivity index (χ4v) is 3.03. The Morgan fingerprint density at radius 3 is 2.44 bits per heavy atom. The van der Waals surface area contributed by atoms with Gasteiger partial charge in [0.1, 0.15) is 11.5 Å². The minimum absolute atomic E-state index is 0.232. The summed E-state index contributed by atoms with van der Waals surface area (Å²) in [6.07, 6.45) is 5.37. The first-order valence-electron chi connectivity index (χ1n) is 8.07. The number of alkyl halides is 1. The maximum absolute atomic E-state index is 14.4. The number of hydrogen-bond acceptors (Lipinski definition) is 3. The molecular formula is C19H13F4N3O. The Balaban J connectivity index is 1.74. The molecule has 138 valence electrons. The number of aliphatic hydroxyl groups is 1. The average Bonchev–Trinajstić information content (AvgIpc) is 3.06. The molecule has 1 N–H and O–H groups in total. The summed E-state index contributed by atoms with van der Waals surface area (Å²) in [5, 5.41) is 9.17. The van der Waals surface area contributed by atoms with Crippen molar-refractivity contribution in [1.82, 2.24) is 14.4 Å². The molecule has 0 aliphatic heterocycles. The van der Waals surface area contributed by atoms with Crippen LogP contribution in [0.15, 0.2) is 54.6 Å². The minimum Gasteiger partial charge on any atom is -0.393 e. The van der Waals surface area contributed by atoms with E-state index in [2.05, 4.69) is 9.97 Å². The zero-order chi connectivity index (χ0) is 19.2. The lowest BCUT2D eigenvalue weighted by Gasteiger charge is -2.25. The van der Waals surface area contributed by atoms with E-state index in [1.54, 1.807) is 28.9 Å². The summed E-state index contributed by atoms with van der Waals surface area (Å²) < 4.78 is 56.3. The topological polar surface area (TPSA) is 50.4 Å². The first-order chi connectivity index (χ1) is 12.9. The van der Waals surface area contributed by atoms with Gasteiger partial charge >= 0.3 is 0 Å². The third-order valence-electron chi connectivity index (χ3n) is 4.46. The highest BCUT2D eigenvalue weighted by molar-refractivity contribution is 5.71. The second-order valence-corrected chi connectivity index (χ2v) is 6.32. The van der Waals surface area contributed by atoms with Crippen molar-refractivity contribution >= 4 is 11.2 Å². The van der Waals surface area contributed by atoms with Crippen LogP contribution in [0.25, 0.3) is 22.5 Å². The molecule has 1 unspecified atom stereocenters. The lowest BCUT2D eigenvalue weighted by molar-refractivity contribution is 0.0860. The van der Waals surface area contributed by atoms with Gasteiger partial charge in [-0.1, -0.05) is 6.08 Å². The highest BCUT2D eigenvalue weighted by Gasteiger charge is 2.37. The van der Waals surface area contributed by atoms with Crippen molar-refractivity contribution in [3.8, 4) is 11.3 Å². The van der Waals surface area contributed by atoms with Gasteiger partial charge < -0.3 is 9.51 Å². The second kappa shape index (κ2) is 6.31. The van der Waals surface area contributed by atoms with Crippen LogP contribution in [0.2, 0.25) is 0 Å². The van der Waals surface area contributed by atoms with Crippen molar-refractivity contribution in [3.63, 3.8) is 0 Å². The Kier molecular flexibility index (Phi) is 4.07. The van der Waals surface area contributed by atoms with Gasteiger partial charge in [-0.3, -0.25) is 0 Å². The fourth-order valence-electron chi connectivity index (χ4n) is 3.03. The first kappa shape index (κ1) is 17.4. The van der Waals surface area contributed by atoms with Crippen molar-refractivity contribution in [2.45, 2.75) is 12.1 Å². The van der Waals surface area contributed by atoms with Gasteiger partial charge in [-0.2, -0.15) is 13.8 Å². The van der Waals surface area contributed by atoms with Crippen molar-refractivity contribution in [1.29, 1.82) is 0 Å². The molecule has 3 aromatic heterocycles. The summed E-state index contributed by atoms with van der Waals surface area (Å²) in [5.41, 5.74) is -0.242. The van der Waals surface area contributed by atoms with E-state index in [4.69, 9.17) is 5.11 Å². The van der Waals surface area contributed by atoms with Crippen LogP contribution in [-0.4, -0.2) is 31.8 Å². The zero-order valence-corrected chi connectivity index (χ0v) is 13.8. The number of aromatic nitrogens is 3. The van der Waals surface area contributed by atoms with Gasteiger partial charge in [-0.05, 0) is 29.3 Å². The van der Waals surface area contributed by atoms with Crippen molar-refractivity contribution in [3.05, 3.63) is 72.1 Å². The van der Waals surface area contributed by atoms with Crippen LogP contribution in [0.4, 0.5) is 17.6 Å². The van der Waals surface area contributed by atoms with Gasteiger partial charge in [0.05, 0.1) is 12.3 Å². The van der Waals surface area contributed by atoms with E-state index < -0.39 is 30.0 Å². The van der Waals surface area contributed by atoms with E-state index in [9.17, 15) is 17.6 Å². The van der Waals surface area contributed by atoms with Crippen molar-refractivity contribution in [2.24, 2.45) is 0 Å². The molecule has 0 amide bonds. The minimum atomic E-state index is -2.44. The molecule has 0 saturated carbocycles. The molecule has 3 heterocycles. The quantitative estimate of drug-likeness (QED) is 0.556. The SMILES string of the molecule is OCC1(F)CC(c2ccc3nc(-c4cc(F)nc(F)c4)cn3c2)=CC=C1F. The van der Waals surface area contributed by atoms with Gasteiger partial charge in [-0.25, -0.2) is 13.8 Å². The van der Waals surface area contributed by atoms with Gasteiger partial charge in [0.25, 0.3) is 0 Å². The van der Waals surface area contributed by atoms with Crippen LogP contribution in [-0.2, 0) is 0 Å². The van der Waals surface area contributed by atoms with Crippen LogP contribution < -0.4 is 0 Å². The molecular weight excluding hydrogens is 362 g/mol. The summed E-state index contributed by atoms with van der Waals surface area (Å²) in [5.74, 6) is -2.92. The number of rotatable bonds is 3. The Morgan fingerprint density at radius 2 is 1.74 bits per heavy atom. The van der Waals surface area contributed by atoms with E-state index in [0.717, 1.165) is 18.2 Å². The van der Waals surface area contributed by atoms with Crippen LogP contribution in [0.1, 0.15) is 12.0 Å². The molecule has 0 radical (unpaired) electrons. The summed E-state index contributed by atoms with van der Waals surface area (Å²) in [7, 11) is 0. The molecule has 0 saturated heterocycles. The second-order valence-electron chi connectivity index (χ2n) is 6.32. The molecule has 3 aromatic rings. The third-order valence-corrected chi connectivity index (χ3v) is 4.46. The molecule has 8 heteroatoms. The number of fused-ring (bicyclic) bond motifs is 1. The molecule has 0 aromatic carbocycles. The summed E-state index contributed by atoms with van der Waals surface area (Å²) >= 11 is 0. The largest absolute Gasteiger partial charge is 0.393 e. The zero-order valence-electron chi connectivity index (χ0n) is 13.8. The first-order valence-corrected chi connectivity index (χ1v) is 8.07. The van der Waals surface area contributed by atoms with E-state index in [1.165, 1.54) is 6.08 Å². The lowest BCUT2D eigenvalue weighted by Crippen LogP contribution is -2.30. The van der Waals surface area contributed by atoms with Crippen LogP contribution in [0.5, 0.6) is 0 Å². The monoisotopic (exact) mass is 375 g/mol. The van der Waals surface area contributed by atoms with Gasteiger partial charge in [0.2, 0.25) is 11.9 Å². The number of halogens is 4.